The number of nitrogens with one attached hydrogen (secondary N) is 2. The van der Waals surface area contributed by atoms with Crippen LogP contribution in [0.5, 0.6) is 17.4 Å². The van der Waals surface area contributed by atoms with Crippen molar-refractivity contribution in [1.82, 2.24) is 10.3 Å². The average molecular weight is 353 g/mol. The second-order valence-electron chi connectivity index (χ2n) is 4.73. The monoisotopic (exact) mass is 353 g/mol. The third-order valence-corrected chi connectivity index (χ3v) is 3.11. The van der Waals surface area contributed by atoms with E-state index in [0.29, 0.717) is 11.3 Å². The number of carbonyl (C=O) groups excluding carboxylic acids is 1. The summed E-state index contributed by atoms with van der Waals surface area (Å²) in [5.74, 6) is 0.354. The highest BCUT2D eigenvalue weighted by Gasteiger charge is 2.12. The number of halogens is 2. The van der Waals surface area contributed by atoms with Crippen LogP contribution in [-0.4, -0.2) is 31.8 Å². The van der Waals surface area contributed by atoms with Crippen molar-refractivity contribution in [3.63, 3.8) is 0 Å². The van der Waals surface area contributed by atoms with Gasteiger partial charge in [-0.3, -0.25) is 0 Å². The Morgan fingerprint density at radius 2 is 2.00 bits per heavy atom. The number of rotatable bonds is 7. The second kappa shape index (κ2) is 8.67. The van der Waals surface area contributed by atoms with Crippen LogP contribution in [-0.2, 0) is 6.54 Å². The molecule has 0 aliphatic heterocycles. The summed E-state index contributed by atoms with van der Waals surface area (Å²) < 4.78 is 39.0. The molecule has 0 unspecified atom stereocenters. The lowest BCUT2D eigenvalue weighted by molar-refractivity contribution is -0.0512. The van der Waals surface area contributed by atoms with Crippen LogP contribution in [0.2, 0.25) is 0 Å². The number of hydrogen-bond donors (Lipinski definition) is 2. The van der Waals surface area contributed by atoms with E-state index in [-0.39, 0.29) is 23.9 Å². The largest absolute Gasteiger partial charge is 0.493 e. The van der Waals surface area contributed by atoms with Crippen LogP contribution >= 0.6 is 0 Å². The Kier molecular flexibility index (Phi) is 6.33. The minimum atomic E-state index is -2.95. The molecule has 134 valence electrons. The fourth-order valence-electron chi connectivity index (χ4n) is 2.01. The van der Waals surface area contributed by atoms with Crippen molar-refractivity contribution in [3.05, 3.63) is 42.1 Å². The topological polar surface area (TPSA) is 81.7 Å². The Hall–Kier alpha value is -3.10. The van der Waals surface area contributed by atoms with Gasteiger partial charge in [-0.2, -0.15) is 8.78 Å². The molecule has 0 saturated carbocycles. The highest BCUT2D eigenvalue weighted by Crippen LogP contribution is 2.29. The van der Waals surface area contributed by atoms with Crippen LogP contribution in [0.3, 0.4) is 0 Å². The molecule has 0 saturated heterocycles. The van der Waals surface area contributed by atoms with E-state index in [1.165, 1.54) is 32.5 Å². The van der Waals surface area contributed by atoms with E-state index in [9.17, 15) is 13.6 Å². The molecule has 0 fully saturated rings. The van der Waals surface area contributed by atoms with E-state index in [0.717, 1.165) is 0 Å². The van der Waals surface area contributed by atoms with E-state index in [2.05, 4.69) is 20.4 Å². The summed E-state index contributed by atoms with van der Waals surface area (Å²) in [4.78, 5) is 15.9. The van der Waals surface area contributed by atoms with Crippen LogP contribution in [0, 0.1) is 0 Å². The van der Waals surface area contributed by atoms with Crippen LogP contribution in [0.15, 0.2) is 36.5 Å². The second-order valence-corrected chi connectivity index (χ2v) is 4.73. The van der Waals surface area contributed by atoms with Gasteiger partial charge in [0, 0.05) is 12.7 Å². The minimum Gasteiger partial charge on any atom is -0.493 e. The number of ether oxygens (including phenoxy) is 3. The number of methoxy groups -OCH3 is 2. The molecular weight excluding hydrogens is 336 g/mol. The molecule has 0 aliphatic carbocycles. The number of anilines is 1. The molecule has 0 aliphatic rings. The number of amides is 2. The van der Waals surface area contributed by atoms with Crippen molar-refractivity contribution < 1.29 is 27.8 Å². The lowest BCUT2D eigenvalue weighted by atomic mass is 10.2. The number of alkyl halides is 2. The Morgan fingerprint density at radius 1 is 1.20 bits per heavy atom. The van der Waals surface area contributed by atoms with Gasteiger partial charge in [0.1, 0.15) is 5.69 Å². The van der Waals surface area contributed by atoms with Crippen LogP contribution in [0.1, 0.15) is 5.56 Å². The number of carbonyl (C=O) groups is 1. The highest BCUT2D eigenvalue weighted by molar-refractivity contribution is 5.90. The molecule has 1 aromatic carbocycles. The molecule has 1 heterocycles. The predicted molar refractivity (Wildman–Crippen MR) is 86.3 cm³/mol. The minimum absolute atomic E-state index is 0.0780. The normalized spacial score (nSPS) is 10.3. The number of hydrogen-bond acceptors (Lipinski definition) is 5. The van der Waals surface area contributed by atoms with Crippen molar-refractivity contribution in [1.29, 1.82) is 0 Å². The number of aromatic nitrogens is 1. The summed E-state index contributed by atoms with van der Waals surface area (Å²) in [6, 6.07) is 7.23. The lowest BCUT2D eigenvalue weighted by Gasteiger charge is -2.13. The summed E-state index contributed by atoms with van der Waals surface area (Å²) >= 11 is 0. The highest BCUT2D eigenvalue weighted by atomic mass is 19.3. The maximum Gasteiger partial charge on any atom is 0.387 e. The number of benzene rings is 1. The van der Waals surface area contributed by atoms with E-state index >= 15 is 0 Å². The van der Waals surface area contributed by atoms with Crippen molar-refractivity contribution in [2.75, 3.05) is 19.5 Å². The first-order valence-corrected chi connectivity index (χ1v) is 7.19. The molecule has 9 heteroatoms. The Labute approximate surface area is 142 Å². The maximum absolute atomic E-state index is 12.3. The van der Waals surface area contributed by atoms with Crippen molar-refractivity contribution >= 4 is 11.7 Å². The van der Waals surface area contributed by atoms with Gasteiger partial charge in [0.05, 0.1) is 14.2 Å². The zero-order valence-electron chi connectivity index (χ0n) is 13.6. The molecule has 1 aromatic heterocycles. The third-order valence-electron chi connectivity index (χ3n) is 3.11. The first-order chi connectivity index (χ1) is 12.0. The van der Waals surface area contributed by atoms with Gasteiger partial charge < -0.3 is 24.8 Å². The van der Waals surface area contributed by atoms with Gasteiger partial charge in [0.15, 0.2) is 11.5 Å². The smallest absolute Gasteiger partial charge is 0.387 e. The Bertz CT molecular complexity index is 728. The lowest BCUT2D eigenvalue weighted by Crippen LogP contribution is -2.28. The molecule has 2 rings (SSSR count). The number of urea groups is 1. The van der Waals surface area contributed by atoms with E-state index in [1.54, 1.807) is 18.2 Å². The van der Waals surface area contributed by atoms with Crippen molar-refractivity contribution in [3.8, 4) is 17.4 Å². The Morgan fingerprint density at radius 3 is 2.68 bits per heavy atom. The SMILES string of the molecule is COc1cc(CNC(=O)Nc2cccnc2OC)ccc1OC(F)F. The molecule has 0 radical (unpaired) electrons. The summed E-state index contributed by atoms with van der Waals surface area (Å²) in [5, 5.41) is 5.24. The van der Waals surface area contributed by atoms with Crippen LogP contribution in [0.4, 0.5) is 19.3 Å². The standard InChI is InChI=1S/C16H17F2N3O4/c1-23-13-8-10(5-6-12(13)25-15(17)18)9-20-16(22)21-11-4-3-7-19-14(11)24-2/h3-8,15H,9H2,1-2H3,(H2,20,21,22). The molecule has 2 aromatic rings. The average Bonchev–Trinajstić information content (AvgIpc) is 2.60. The summed E-state index contributed by atoms with van der Waals surface area (Å²) in [7, 11) is 2.78. The molecule has 0 atom stereocenters. The van der Waals surface area contributed by atoms with E-state index in [1.807, 2.05) is 0 Å². The number of pyridine rings is 1. The molecule has 2 amide bonds. The number of nitrogens with zero attached hydrogens (tertiary/aromatic N) is 1. The van der Waals surface area contributed by atoms with Gasteiger partial charge in [-0.25, -0.2) is 9.78 Å². The molecular formula is C16H17F2N3O4. The fourth-order valence-corrected chi connectivity index (χ4v) is 2.01. The third kappa shape index (κ3) is 5.20. The molecule has 25 heavy (non-hydrogen) atoms. The fraction of sp³-hybridized carbons (Fsp3) is 0.250. The molecule has 2 N–H and O–H groups in total. The summed E-state index contributed by atoms with van der Waals surface area (Å²) in [5.41, 5.74) is 1.06. The molecule has 0 bridgehead atoms. The summed E-state index contributed by atoms with van der Waals surface area (Å²) in [6.07, 6.45) is 1.54. The molecule has 0 spiro atoms. The van der Waals surface area contributed by atoms with Gasteiger partial charge in [-0.1, -0.05) is 6.07 Å². The molecule has 7 nitrogen and oxygen atoms in total. The van der Waals surface area contributed by atoms with Gasteiger partial charge >= 0.3 is 12.6 Å². The van der Waals surface area contributed by atoms with Gasteiger partial charge in [0.25, 0.3) is 0 Å². The van der Waals surface area contributed by atoms with Gasteiger partial charge in [-0.15, -0.1) is 0 Å². The zero-order chi connectivity index (χ0) is 18.2. The van der Waals surface area contributed by atoms with Crippen molar-refractivity contribution in [2.45, 2.75) is 13.2 Å². The Balaban J connectivity index is 1.97. The summed E-state index contributed by atoms with van der Waals surface area (Å²) in [6.45, 7) is -2.79. The van der Waals surface area contributed by atoms with E-state index in [4.69, 9.17) is 9.47 Å². The van der Waals surface area contributed by atoms with Crippen molar-refractivity contribution in [2.24, 2.45) is 0 Å². The maximum atomic E-state index is 12.3. The predicted octanol–water partition coefficient (Wildman–Crippen LogP) is 3.02. The van der Waals surface area contributed by atoms with Crippen LogP contribution in [0.25, 0.3) is 0 Å². The van der Waals surface area contributed by atoms with Crippen LogP contribution < -0.4 is 24.8 Å². The first kappa shape index (κ1) is 18.2. The quantitative estimate of drug-likeness (QED) is 0.800. The van der Waals surface area contributed by atoms with Gasteiger partial charge in [-0.05, 0) is 29.8 Å². The van der Waals surface area contributed by atoms with E-state index < -0.39 is 12.6 Å². The van der Waals surface area contributed by atoms with Gasteiger partial charge in [0.2, 0.25) is 5.88 Å². The first-order valence-electron chi connectivity index (χ1n) is 7.19. The zero-order valence-corrected chi connectivity index (χ0v) is 13.6.